The molecule has 0 aromatic heterocycles. The predicted molar refractivity (Wildman–Crippen MR) is 43.2 cm³/mol. The first kappa shape index (κ1) is 5.64. The molecule has 5 rings (SSSR count). The first-order chi connectivity index (χ1) is 5.88. The van der Waals surface area contributed by atoms with Gasteiger partial charge in [-0.15, -0.1) is 0 Å². The van der Waals surface area contributed by atoms with Crippen LogP contribution in [0.1, 0.15) is 12.8 Å². The van der Waals surface area contributed by atoms with Crippen molar-refractivity contribution in [3.8, 4) is 0 Å². The quantitative estimate of drug-likeness (QED) is 0.566. The van der Waals surface area contributed by atoms with Crippen molar-refractivity contribution in [2.45, 2.75) is 18.9 Å². The lowest BCUT2D eigenvalue weighted by Crippen LogP contribution is -2.33. The average Bonchev–Trinajstić information content (AvgIpc) is 2.83. The Bertz CT molecular complexity index is 251. The summed E-state index contributed by atoms with van der Waals surface area (Å²) in [5, 5.41) is 10.1. The summed E-state index contributed by atoms with van der Waals surface area (Å²) in [6.07, 6.45) is 3.12. The van der Waals surface area contributed by atoms with Crippen molar-refractivity contribution in [3.05, 3.63) is 0 Å². The van der Waals surface area contributed by atoms with Gasteiger partial charge in [-0.25, -0.2) is 0 Å². The first-order valence-electron chi connectivity index (χ1n) is 5.56. The molecule has 2 bridgehead atoms. The second-order valence-electron chi connectivity index (χ2n) is 5.93. The van der Waals surface area contributed by atoms with Crippen molar-refractivity contribution >= 4 is 0 Å². The van der Waals surface area contributed by atoms with E-state index in [1.54, 1.807) is 0 Å². The van der Waals surface area contributed by atoms with Gasteiger partial charge in [0.05, 0.1) is 6.10 Å². The summed E-state index contributed by atoms with van der Waals surface area (Å²) in [5.41, 5.74) is 0. The minimum absolute atomic E-state index is 0.146. The van der Waals surface area contributed by atoms with Gasteiger partial charge in [0.1, 0.15) is 0 Å². The van der Waals surface area contributed by atoms with Crippen LogP contribution in [0.2, 0.25) is 0 Å². The molecule has 1 heteroatoms. The van der Waals surface area contributed by atoms with E-state index in [0.717, 1.165) is 47.3 Å². The van der Waals surface area contributed by atoms with Crippen LogP contribution in [0.25, 0.3) is 0 Å². The van der Waals surface area contributed by atoms with Crippen LogP contribution < -0.4 is 0 Å². The zero-order valence-electron chi connectivity index (χ0n) is 7.06. The zero-order chi connectivity index (χ0) is 7.61. The van der Waals surface area contributed by atoms with Crippen molar-refractivity contribution in [1.82, 2.24) is 0 Å². The summed E-state index contributed by atoms with van der Waals surface area (Å²) in [6, 6.07) is 0. The van der Waals surface area contributed by atoms with Crippen LogP contribution in [0.15, 0.2) is 0 Å². The van der Waals surface area contributed by atoms with E-state index in [-0.39, 0.29) is 6.10 Å². The third-order valence-electron chi connectivity index (χ3n) is 5.74. The number of hydrogen-bond acceptors (Lipinski definition) is 1. The average molecular weight is 162 g/mol. The predicted octanol–water partition coefficient (Wildman–Crippen LogP) is 1.13. The van der Waals surface area contributed by atoms with Crippen molar-refractivity contribution in [1.29, 1.82) is 0 Å². The highest BCUT2D eigenvalue weighted by Crippen LogP contribution is 2.82. The minimum Gasteiger partial charge on any atom is -0.393 e. The van der Waals surface area contributed by atoms with Crippen molar-refractivity contribution in [3.63, 3.8) is 0 Å². The van der Waals surface area contributed by atoms with E-state index in [2.05, 4.69) is 0 Å². The van der Waals surface area contributed by atoms with E-state index in [9.17, 15) is 5.11 Å². The number of aliphatic hydroxyl groups is 1. The SMILES string of the molecule is OC1C2C3CC3C3C1C3C1CC12. The van der Waals surface area contributed by atoms with Gasteiger partial charge in [-0.1, -0.05) is 0 Å². The Balaban J connectivity index is 1.74. The third-order valence-corrected chi connectivity index (χ3v) is 5.74. The fraction of sp³-hybridized carbons (Fsp3) is 1.00. The van der Waals surface area contributed by atoms with E-state index in [1.807, 2.05) is 0 Å². The Labute approximate surface area is 72.2 Å². The maximum absolute atomic E-state index is 10.1. The summed E-state index contributed by atoms with van der Waals surface area (Å²) in [4.78, 5) is 0. The summed E-state index contributed by atoms with van der Waals surface area (Å²) < 4.78 is 0. The molecule has 0 amide bonds. The van der Waals surface area contributed by atoms with Gasteiger partial charge in [0.15, 0.2) is 0 Å². The van der Waals surface area contributed by atoms with Crippen molar-refractivity contribution in [2.24, 2.45) is 47.3 Å². The summed E-state index contributed by atoms with van der Waals surface area (Å²) >= 11 is 0. The van der Waals surface area contributed by atoms with Crippen LogP contribution >= 0.6 is 0 Å². The smallest absolute Gasteiger partial charge is 0.0607 e. The van der Waals surface area contributed by atoms with E-state index in [4.69, 9.17) is 0 Å². The Kier molecular flexibility index (Phi) is 0.609. The van der Waals surface area contributed by atoms with Gasteiger partial charge in [0.25, 0.3) is 0 Å². The second-order valence-corrected chi connectivity index (χ2v) is 5.93. The lowest BCUT2D eigenvalue weighted by Gasteiger charge is -2.29. The molecule has 0 aromatic carbocycles. The summed E-state index contributed by atoms with van der Waals surface area (Å²) in [6.45, 7) is 0. The number of fused-ring (bicyclic) bond motifs is 8. The molecule has 0 aromatic rings. The monoisotopic (exact) mass is 162 g/mol. The van der Waals surface area contributed by atoms with Gasteiger partial charge in [-0.2, -0.15) is 0 Å². The van der Waals surface area contributed by atoms with Gasteiger partial charge < -0.3 is 5.11 Å². The van der Waals surface area contributed by atoms with Gasteiger partial charge >= 0.3 is 0 Å². The largest absolute Gasteiger partial charge is 0.393 e. The molecule has 0 radical (unpaired) electrons. The molecule has 12 heavy (non-hydrogen) atoms. The fourth-order valence-corrected chi connectivity index (χ4v) is 5.30. The van der Waals surface area contributed by atoms with Crippen molar-refractivity contribution < 1.29 is 5.11 Å². The molecule has 5 saturated carbocycles. The lowest BCUT2D eigenvalue weighted by molar-refractivity contribution is 0.0228. The van der Waals surface area contributed by atoms with Gasteiger partial charge in [0, 0.05) is 0 Å². The van der Waals surface area contributed by atoms with E-state index in [0.29, 0.717) is 0 Å². The van der Waals surface area contributed by atoms with E-state index in [1.165, 1.54) is 12.8 Å². The lowest BCUT2D eigenvalue weighted by atomic mass is 9.80. The molecule has 5 aliphatic carbocycles. The standard InChI is InChI=1S/C11H14O/c12-11-7-3-1-5(3)8-9(10(8)11)6-2-4(6)7/h3-12H,1-2H2. The van der Waals surface area contributed by atoms with E-state index < -0.39 is 0 Å². The first-order valence-corrected chi connectivity index (χ1v) is 5.56. The van der Waals surface area contributed by atoms with Crippen LogP contribution in [0.4, 0.5) is 0 Å². The number of rotatable bonds is 0. The van der Waals surface area contributed by atoms with Crippen LogP contribution in [-0.2, 0) is 0 Å². The fourth-order valence-electron chi connectivity index (χ4n) is 5.30. The molecule has 7 unspecified atom stereocenters. The normalized spacial score (nSPS) is 85.2. The molecule has 5 aliphatic rings. The Morgan fingerprint density at radius 1 is 0.667 bits per heavy atom. The maximum atomic E-state index is 10.1. The molecule has 64 valence electrons. The van der Waals surface area contributed by atoms with Crippen LogP contribution in [0.5, 0.6) is 0 Å². The molecule has 5 fully saturated rings. The molecule has 7 atom stereocenters. The summed E-state index contributed by atoms with van der Waals surface area (Å²) in [7, 11) is 0. The topological polar surface area (TPSA) is 20.2 Å². The number of hydrogen-bond donors (Lipinski definition) is 1. The molecule has 1 N–H and O–H groups in total. The molecule has 0 saturated heterocycles. The van der Waals surface area contributed by atoms with E-state index >= 15 is 0 Å². The molecule has 1 nitrogen and oxygen atoms in total. The van der Waals surface area contributed by atoms with Crippen LogP contribution in [0.3, 0.4) is 0 Å². The Morgan fingerprint density at radius 3 is 1.75 bits per heavy atom. The Hall–Kier alpha value is -0.0400. The number of aliphatic hydroxyl groups excluding tert-OH is 1. The molecular formula is C11H14O. The highest BCUT2D eigenvalue weighted by atomic mass is 16.3. The van der Waals surface area contributed by atoms with Gasteiger partial charge in [-0.3, -0.25) is 0 Å². The van der Waals surface area contributed by atoms with Crippen LogP contribution in [0, 0.1) is 47.3 Å². The maximum Gasteiger partial charge on any atom is 0.0607 e. The second kappa shape index (κ2) is 1.30. The Morgan fingerprint density at radius 2 is 1.17 bits per heavy atom. The highest BCUT2D eigenvalue weighted by Gasteiger charge is 2.80. The van der Waals surface area contributed by atoms with Crippen LogP contribution in [-0.4, -0.2) is 11.2 Å². The highest BCUT2D eigenvalue weighted by molar-refractivity contribution is 5.28. The molecule has 0 heterocycles. The van der Waals surface area contributed by atoms with Gasteiger partial charge in [-0.05, 0) is 60.2 Å². The van der Waals surface area contributed by atoms with Gasteiger partial charge in [0.2, 0.25) is 0 Å². The van der Waals surface area contributed by atoms with Crippen molar-refractivity contribution in [2.75, 3.05) is 0 Å². The zero-order valence-corrected chi connectivity index (χ0v) is 7.06. The molecule has 0 spiro atoms. The summed E-state index contributed by atoms with van der Waals surface area (Å²) in [5.74, 6) is 7.77. The molecule has 0 aliphatic heterocycles. The third kappa shape index (κ3) is 0.379. The minimum atomic E-state index is 0.146. The molecular weight excluding hydrogens is 148 g/mol.